The van der Waals surface area contributed by atoms with Crippen LogP contribution in [0.4, 0.5) is 15.9 Å². The van der Waals surface area contributed by atoms with Gasteiger partial charge in [0.25, 0.3) is 0 Å². The van der Waals surface area contributed by atoms with Crippen molar-refractivity contribution in [2.75, 3.05) is 36.0 Å². The molecule has 0 bridgehead atoms. The molecule has 7 heteroatoms. The van der Waals surface area contributed by atoms with Gasteiger partial charge in [-0.1, -0.05) is 23.2 Å². The second kappa shape index (κ2) is 6.39. The predicted octanol–water partition coefficient (Wildman–Crippen LogP) is 4.42. The quantitative estimate of drug-likeness (QED) is 0.659. The van der Waals surface area contributed by atoms with Crippen LogP contribution < -0.4 is 9.80 Å². The van der Waals surface area contributed by atoms with Crippen LogP contribution in [0, 0.1) is 12.7 Å². The molecule has 0 amide bonds. The Bertz CT molecular complexity index is 915. The number of benzene rings is 1. The molecule has 4 nitrogen and oxygen atoms in total. The average molecular weight is 379 g/mol. The summed E-state index contributed by atoms with van der Waals surface area (Å²) in [6, 6.07) is 6.64. The van der Waals surface area contributed by atoms with Crippen LogP contribution in [0.25, 0.3) is 5.65 Å². The van der Waals surface area contributed by atoms with Gasteiger partial charge in [-0.25, -0.2) is 9.37 Å². The number of hydrogen-bond acceptors (Lipinski definition) is 3. The number of fused-ring (bicyclic) bond motifs is 1. The van der Waals surface area contributed by atoms with E-state index in [2.05, 4.69) is 14.8 Å². The van der Waals surface area contributed by atoms with Crippen LogP contribution in [0.3, 0.4) is 0 Å². The highest BCUT2D eigenvalue weighted by atomic mass is 35.5. The van der Waals surface area contributed by atoms with Gasteiger partial charge in [0.15, 0.2) is 5.65 Å². The van der Waals surface area contributed by atoms with Crippen LogP contribution in [0.2, 0.25) is 10.0 Å². The molecule has 1 saturated heterocycles. The van der Waals surface area contributed by atoms with E-state index < -0.39 is 0 Å². The van der Waals surface area contributed by atoms with Gasteiger partial charge in [0.1, 0.15) is 11.6 Å². The third-order valence-electron chi connectivity index (χ3n) is 4.65. The third kappa shape index (κ3) is 3.02. The number of halogens is 3. The number of pyridine rings is 1. The molecule has 0 atom stereocenters. The van der Waals surface area contributed by atoms with Crippen LogP contribution in [0.15, 0.2) is 36.7 Å². The molecule has 0 radical (unpaired) electrons. The summed E-state index contributed by atoms with van der Waals surface area (Å²) in [7, 11) is 0. The smallest absolute Gasteiger partial charge is 0.158 e. The molecule has 1 aromatic carbocycles. The van der Waals surface area contributed by atoms with Gasteiger partial charge < -0.3 is 14.2 Å². The van der Waals surface area contributed by atoms with Crippen molar-refractivity contribution in [3.63, 3.8) is 0 Å². The minimum atomic E-state index is -0.210. The van der Waals surface area contributed by atoms with Crippen molar-refractivity contribution in [1.29, 1.82) is 0 Å². The highest BCUT2D eigenvalue weighted by Crippen LogP contribution is 2.30. The Morgan fingerprint density at radius 3 is 2.28 bits per heavy atom. The fraction of sp³-hybridized carbons (Fsp3) is 0.278. The van der Waals surface area contributed by atoms with Crippen LogP contribution in [0.1, 0.15) is 5.56 Å². The molecule has 3 aromatic rings. The molecular formula is C18H17Cl2FN4. The Balaban J connectivity index is 1.53. The van der Waals surface area contributed by atoms with E-state index in [4.69, 9.17) is 23.2 Å². The lowest BCUT2D eigenvalue weighted by Crippen LogP contribution is -2.46. The first-order valence-electron chi connectivity index (χ1n) is 8.12. The van der Waals surface area contributed by atoms with Crippen LogP contribution in [-0.2, 0) is 0 Å². The molecule has 25 heavy (non-hydrogen) atoms. The summed E-state index contributed by atoms with van der Waals surface area (Å²) in [4.78, 5) is 9.16. The van der Waals surface area contributed by atoms with Gasteiger partial charge in [0.05, 0.1) is 16.2 Å². The minimum Gasteiger partial charge on any atom is -0.368 e. The van der Waals surface area contributed by atoms with Crippen LogP contribution in [0.5, 0.6) is 0 Å². The number of rotatable bonds is 2. The topological polar surface area (TPSA) is 23.8 Å². The molecule has 0 spiro atoms. The lowest BCUT2D eigenvalue weighted by molar-refractivity contribution is 0.624. The Hall–Kier alpha value is -1.98. The van der Waals surface area contributed by atoms with Crippen LogP contribution in [-0.4, -0.2) is 35.6 Å². The van der Waals surface area contributed by atoms with E-state index in [-0.39, 0.29) is 5.82 Å². The lowest BCUT2D eigenvalue weighted by atomic mass is 10.2. The Morgan fingerprint density at radius 2 is 1.60 bits per heavy atom. The Kier molecular flexibility index (Phi) is 4.21. The van der Waals surface area contributed by atoms with Crippen molar-refractivity contribution in [2.45, 2.75) is 6.92 Å². The monoisotopic (exact) mass is 378 g/mol. The van der Waals surface area contributed by atoms with Gasteiger partial charge in [0.2, 0.25) is 0 Å². The van der Waals surface area contributed by atoms with Crippen LogP contribution >= 0.6 is 23.2 Å². The molecule has 1 fully saturated rings. The number of nitrogens with zero attached hydrogens (tertiary/aromatic N) is 4. The van der Waals surface area contributed by atoms with E-state index >= 15 is 0 Å². The zero-order chi connectivity index (χ0) is 17.6. The summed E-state index contributed by atoms with van der Waals surface area (Å²) in [5, 5.41) is 1.21. The molecular weight excluding hydrogens is 362 g/mol. The summed E-state index contributed by atoms with van der Waals surface area (Å²) in [5.74, 6) is 0.681. The summed E-state index contributed by atoms with van der Waals surface area (Å²) in [5.41, 5.74) is 2.61. The SMILES string of the molecule is Cc1c(Cl)cn2cc(N3CCN(c4ccc(F)cc4)CC3)nc2c1Cl. The number of anilines is 2. The number of aromatic nitrogens is 2. The maximum Gasteiger partial charge on any atom is 0.158 e. The Labute approximate surface area is 155 Å². The molecule has 130 valence electrons. The van der Waals surface area contributed by atoms with Gasteiger partial charge in [-0.05, 0) is 36.8 Å². The lowest BCUT2D eigenvalue weighted by Gasteiger charge is -2.36. The zero-order valence-corrected chi connectivity index (χ0v) is 15.2. The zero-order valence-electron chi connectivity index (χ0n) is 13.7. The maximum absolute atomic E-state index is 13.1. The van der Waals surface area contributed by atoms with Gasteiger partial charge in [0, 0.05) is 38.1 Å². The van der Waals surface area contributed by atoms with E-state index in [1.54, 1.807) is 0 Å². The summed E-state index contributed by atoms with van der Waals surface area (Å²) < 4.78 is 14.9. The fourth-order valence-electron chi connectivity index (χ4n) is 3.13. The molecule has 0 saturated carbocycles. The number of imidazole rings is 1. The first-order chi connectivity index (χ1) is 12.0. The molecule has 1 aliphatic heterocycles. The molecule has 0 N–H and O–H groups in total. The van der Waals surface area contributed by atoms with Gasteiger partial charge in [-0.2, -0.15) is 0 Å². The fourth-order valence-corrected chi connectivity index (χ4v) is 3.62. The van der Waals surface area contributed by atoms with E-state index in [9.17, 15) is 4.39 Å². The number of hydrogen-bond donors (Lipinski definition) is 0. The molecule has 1 aliphatic rings. The second-order valence-electron chi connectivity index (χ2n) is 6.20. The first-order valence-corrected chi connectivity index (χ1v) is 8.87. The molecule has 4 rings (SSSR count). The second-order valence-corrected chi connectivity index (χ2v) is 6.98. The number of piperazine rings is 1. The van der Waals surface area contributed by atoms with Gasteiger partial charge in [-0.3, -0.25) is 0 Å². The maximum atomic E-state index is 13.1. The van der Waals surface area contributed by atoms with Crippen molar-refractivity contribution >= 4 is 40.4 Å². The van der Waals surface area contributed by atoms with Crippen molar-refractivity contribution < 1.29 is 4.39 Å². The van der Waals surface area contributed by atoms with Gasteiger partial charge in [-0.15, -0.1) is 0 Å². The molecule has 3 heterocycles. The first kappa shape index (κ1) is 16.5. The van der Waals surface area contributed by atoms with E-state index in [1.807, 2.05) is 35.9 Å². The summed E-state index contributed by atoms with van der Waals surface area (Å²) in [6.45, 7) is 5.28. The van der Waals surface area contributed by atoms with Crippen molar-refractivity contribution in [3.05, 3.63) is 58.1 Å². The van der Waals surface area contributed by atoms with Crippen molar-refractivity contribution in [3.8, 4) is 0 Å². The summed E-state index contributed by atoms with van der Waals surface area (Å²) in [6.07, 6.45) is 3.80. The van der Waals surface area contributed by atoms with Gasteiger partial charge >= 0.3 is 0 Å². The summed E-state index contributed by atoms with van der Waals surface area (Å²) >= 11 is 12.6. The molecule has 0 unspecified atom stereocenters. The normalized spacial score (nSPS) is 15.2. The minimum absolute atomic E-state index is 0.210. The Morgan fingerprint density at radius 1 is 0.960 bits per heavy atom. The predicted molar refractivity (Wildman–Crippen MR) is 101 cm³/mol. The van der Waals surface area contributed by atoms with E-state index in [0.29, 0.717) is 10.0 Å². The largest absolute Gasteiger partial charge is 0.368 e. The third-order valence-corrected chi connectivity index (χ3v) is 5.48. The highest BCUT2D eigenvalue weighted by molar-refractivity contribution is 6.37. The van der Waals surface area contributed by atoms with E-state index in [0.717, 1.165) is 48.9 Å². The average Bonchev–Trinajstić information content (AvgIpc) is 3.05. The van der Waals surface area contributed by atoms with Crippen molar-refractivity contribution in [1.82, 2.24) is 9.38 Å². The standard InChI is InChI=1S/C18H17Cl2FN4/c1-12-15(19)10-25-11-16(22-18(25)17(12)20)24-8-6-23(7-9-24)14-4-2-13(21)3-5-14/h2-5,10-11H,6-9H2,1H3. The molecule has 2 aromatic heterocycles. The molecule has 0 aliphatic carbocycles. The highest BCUT2D eigenvalue weighted by Gasteiger charge is 2.20. The van der Waals surface area contributed by atoms with Crippen molar-refractivity contribution in [2.24, 2.45) is 0 Å². The van der Waals surface area contributed by atoms with E-state index in [1.165, 1.54) is 12.1 Å².